The summed E-state index contributed by atoms with van der Waals surface area (Å²) < 4.78 is 5.19. The summed E-state index contributed by atoms with van der Waals surface area (Å²) >= 11 is 0. The summed E-state index contributed by atoms with van der Waals surface area (Å²) in [5.41, 5.74) is 5.72. The topological polar surface area (TPSA) is 80.0 Å². The highest BCUT2D eigenvalue weighted by Gasteiger charge is 2.18. The van der Waals surface area contributed by atoms with Gasteiger partial charge in [-0.3, -0.25) is 4.79 Å². The van der Waals surface area contributed by atoms with Crippen molar-refractivity contribution < 1.29 is 9.53 Å². The molecule has 0 bridgehead atoms. The standard InChI is InChI=1S/C12H22N4O2/c13-12(14-8-10-2-1-3-10)15-9-11(17)16-4-6-18-7-5-16/h10H,1-9H2,(H3,13,14,15). The maximum absolute atomic E-state index is 11.8. The van der Waals surface area contributed by atoms with Gasteiger partial charge in [-0.15, -0.1) is 0 Å². The van der Waals surface area contributed by atoms with E-state index in [0.29, 0.717) is 32.3 Å². The van der Waals surface area contributed by atoms with Gasteiger partial charge >= 0.3 is 0 Å². The number of hydrogen-bond donors (Lipinski definition) is 2. The zero-order chi connectivity index (χ0) is 12.8. The Morgan fingerprint density at radius 3 is 2.72 bits per heavy atom. The van der Waals surface area contributed by atoms with E-state index in [4.69, 9.17) is 10.5 Å². The summed E-state index contributed by atoms with van der Waals surface area (Å²) in [6.07, 6.45) is 3.86. The number of nitrogens with one attached hydrogen (secondary N) is 1. The lowest BCUT2D eigenvalue weighted by Gasteiger charge is -2.26. The molecule has 0 radical (unpaired) electrons. The van der Waals surface area contributed by atoms with Crippen LogP contribution in [0.4, 0.5) is 0 Å². The van der Waals surface area contributed by atoms with E-state index in [2.05, 4.69) is 10.3 Å². The number of carbonyl (C=O) groups excluding carboxylic acids is 1. The number of morpholine rings is 1. The van der Waals surface area contributed by atoms with Gasteiger partial charge in [-0.2, -0.15) is 0 Å². The largest absolute Gasteiger partial charge is 0.378 e. The smallest absolute Gasteiger partial charge is 0.244 e. The van der Waals surface area contributed by atoms with Gasteiger partial charge in [0.2, 0.25) is 5.91 Å². The van der Waals surface area contributed by atoms with Gasteiger partial charge in [0.25, 0.3) is 0 Å². The van der Waals surface area contributed by atoms with Crippen molar-refractivity contribution in [3.63, 3.8) is 0 Å². The molecule has 0 unspecified atom stereocenters. The Labute approximate surface area is 108 Å². The molecule has 102 valence electrons. The van der Waals surface area contributed by atoms with E-state index in [1.165, 1.54) is 19.3 Å². The Morgan fingerprint density at radius 2 is 2.11 bits per heavy atom. The molecule has 0 aromatic heterocycles. The van der Waals surface area contributed by atoms with E-state index in [-0.39, 0.29) is 12.5 Å². The lowest BCUT2D eigenvalue weighted by atomic mass is 9.85. The number of nitrogens with zero attached hydrogens (tertiary/aromatic N) is 2. The van der Waals surface area contributed by atoms with Gasteiger partial charge in [-0.25, -0.2) is 4.99 Å². The van der Waals surface area contributed by atoms with E-state index in [1.54, 1.807) is 4.90 Å². The third kappa shape index (κ3) is 3.87. The van der Waals surface area contributed by atoms with Crippen LogP contribution in [0.15, 0.2) is 4.99 Å². The highest BCUT2D eigenvalue weighted by atomic mass is 16.5. The lowest BCUT2D eigenvalue weighted by molar-refractivity contribution is -0.133. The molecule has 1 amide bonds. The van der Waals surface area contributed by atoms with Gasteiger partial charge in [0.1, 0.15) is 6.54 Å². The van der Waals surface area contributed by atoms with Crippen molar-refractivity contribution in [2.24, 2.45) is 16.6 Å². The molecule has 2 rings (SSSR count). The van der Waals surface area contributed by atoms with Crippen LogP contribution in [-0.2, 0) is 9.53 Å². The first-order valence-corrected chi connectivity index (χ1v) is 6.65. The third-order valence-electron chi connectivity index (χ3n) is 3.55. The fourth-order valence-electron chi connectivity index (χ4n) is 2.07. The molecular formula is C12H22N4O2. The van der Waals surface area contributed by atoms with E-state index >= 15 is 0 Å². The molecule has 0 aromatic rings. The Kier molecular flexibility index (Phi) is 4.81. The molecule has 2 aliphatic rings. The molecular weight excluding hydrogens is 232 g/mol. The van der Waals surface area contributed by atoms with Crippen molar-refractivity contribution in [3.05, 3.63) is 0 Å². The molecule has 1 saturated carbocycles. The van der Waals surface area contributed by atoms with Gasteiger partial charge in [0, 0.05) is 19.6 Å². The number of ether oxygens (including phenoxy) is 1. The van der Waals surface area contributed by atoms with Crippen molar-refractivity contribution in [2.45, 2.75) is 19.3 Å². The average Bonchev–Trinajstić information content (AvgIpc) is 2.35. The monoisotopic (exact) mass is 254 g/mol. The van der Waals surface area contributed by atoms with Crippen LogP contribution < -0.4 is 11.1 Å². The fourth-order valence-corrected chi connectivity index (χ4v) is 2.07. The van der Waals surface area contributed by atoms with Gasteiger partial charge in [-0.05, 0) is 18.8 Å². The zero-order valence-corrected chi connectivity index (χ0v) is 10.7. The summed E-state index contributed by atoms with van der Waals surface area (Å²) in [5, 5.41) is 3.08. The quantitative estimate of drug-likeness (QED) is 0.526. The van der Waals surface area contributed by atoms with Gasteiger partial charge in [-0.1, -0.05) is 6.42 Å². The van der Waals surface area contributed by atoms with E-state index < -0.39 is 0 Å². The van der Waals surface area contributed by atoms with Crippen LogP contribution in [0.25, 0.3) is 0 Å². The zero-order valence-electron chi connectivity index (χ0n) is 10.7. The minimum absolute atomic E-state index is 0.0201. The third-order valence-corrected chi connectivity index (χ3v) is 3.55. The molecule has 1 aliphatic heterocycles. The molecule has 18 heavy (non-hydrogen) atoms. The SMILES string of the molecule is NC(=NCC(=O)N1CCOCC1)NCC1CCC1. The second-order valence-corrected chi connectivity index (χ2v) is 4.87. The minimum Gasteiger partial charge on any atom is -0.378 e. The van der Waals surface area contributed by atoms with Crippen LogP contribution in [0.5, 0.6) is 0 Å². The molecule has 1 saturated heterocycles. The maximum Gasteiger partial charge on any atom is 0.244 e. The lowest BCUT2D eigenvalue weighted by Crippen LogP contribution is -2.43. The highest BCUT2D eigenvalue weighted by molar-refractivity contribution is 5.84. The molecule has 1 heterocycles. The number of rotatable bonds is 4. The second-order valence-electron chi connectivity index (χ2n) is 4.87. The number of aliphatic imine (C=N–C) groups is 1. The predicted molar refractivity (Wildman–Crippen MR) is 69.2 cm³/mol. The second kappa shape index (κ2) is 6.58. The molecule has 2 fully saturated rings. The van der Waals surface area contributed by atoms with Crippen LogP contribution in [0, 0.1) is 5.92 Å². The van der Waals surface area contributed by atoms with Crippen molar-refractivity contribution in [1.29, 1.82) is 0 Å². The number of amides is 1. The summed E-state index contributed by atoms with van der Waals surface area (Å²) in [6, 6.07) is 0. The fraction of sp³-hybridized carbons (Fsp3) is 0.833. The van der Waals surface area contributed by atoms with Crippen molar-refractivity contribution in [3.8, 4) is 0 Å². The van der Waals surface area contributed by atoms with E-state index in [1.807, 2.05) is 0 Å². The number of hydrogen-bond acceptors (Lipinski definition) is 3. The highest BCUT2D eigenvalue weighted by Crippen LogP contribution is 2.24. The van der Waals surface area contributed by atoms with E-state index in [0.717, 1.165) is 12.5 Å². The molecule has 0 atom stereocenters. The first-order chi connectivity index (χ1) is 8.75. The van der Waals surface area contributed by atoms with Crippen LogP contribution in [0.2, 0.25) is 0 Å². The number of carbonyl (C=O) groups is 1. The van der Waals surface area contributed by atoms with Crippen LogP contribution >= 0.6 is 0 Å². The average molecular weight is 254 g/mol. The van der Waals surface area contributed by atoms with Crippen molar-refractivity contribution >= 4 is 11.9 Å². The van der Waals surface area contributed by atoms with Crippen molar-refractivity contribution in [2.75, 3.05) is 39.4 Å². The molecule has 1 aliphatic carbocycles. The van der Waals surface area contributed by atoms with Crippen LogP contribution in [0.1, 0.15) is 19.3 Å². The molecule has 3 N–H and O–H groups in total. The van der Waals surface area contributed by atoms with Crippen LogP contribution in [0.3, 0.4) is 0 Å². The summed E-state index contributed by atoms with van der Waals surface area (Å²) in [7, 11) is 0. The molecule has 0 spiro atoms. The maximum atomic E-state index is 11.8. The first-order valence-electron chi connectivity index (χ1n) is 6.65. The number of guanidine groups is 1. The first kappa shape index (κ1) is 13.1. The summed E-state index contributed by atoms with van der Waals surface area (Å²) in [6.45, 7) is 3.55. The Hall–Kier alpha value is -1.30. The van der Waals surface area contributed by atoms with E-state index in [9.17, 15) is 4.79 Å². The van der Waals surface area contributed by atoms with Gasteiger partial charge in [0.15, 0.2) is 5.96 Å². The summed E-state index contributed by atoms with van der Waals surface area (Å²) in [5.74, 6) is 1.13. The molecule has 6 heteroatoms. The Balaban J connectivity index is 1.65. The Morgan fingerprint density at radius 1 is 1.39 bits per heavy atom. The molecule has 6 nitrogen and oxygen atoms in total. The Bertz CT molecular complexity index is 309. The molecule has 0 aromatic carbocycles. The van der Waals surface area contributed by atoms with Gasteiger partial charge in [0.05, 0.1) is 13.2 Å². The normalized spacial score (nSPS) is 21.6. The number of nitrogens with two attached hydrogens (primary N) is 1. The van der Waals surface area contributed by atoms with Crippen LogP contribution in [-0.4, -0.2) is 56.2 Å². The minimum atomic E-state index is 0.0201. The van der Waals surface area contributed by atoms with Crippen molar-refractivity contribution in [1.82, 2.24) is 10.2 Å². The van der Waals surface area contributed by atoms with Gasteiger partial charge < -0.3 is 20.7 Å². The predicted octanol–water partition coefficient (Wildman–Crippen LogP) is -0.450. The summed E-state index contributed by atoms with van der Waals surface area (Å²) in [4.78, 5) is 17.6.